The van der Waals surface area contributed by atoms with Crippen molar-refractivity contribution >= 4 is 27.5 Å². The minimum atomic E-state index is -4.13. The van der Waals surface area contributed by atoms with Gasteiger partial charge < -0.3 is 15.0 Å². The molecule has 1 atom stereocenters. The number of anilines is 1. The van der Waals surface area contributed by atoms with Gasteiger partial charge in [0.2, 0.25) is 11.8 Å². The van der Waals surface area contributed by atoms with Crippen molar-refractivity contribution in [3.8, 4) is 5.75 Å². The van der Waals surface area contributed by atoms with Crippen molar-refractivity contribution in [3.05, 3.63) is 89.0 Å². The smallest absolute Gasteiger partial charge is 0.264 e. The van der Waals surface area contributed by atoms with E-state index in [0.29, 0.717) is 24.4 Å². The molecule has 0 bridgehead atoms. The zero-order valence-corrected chi connectivity index (χ0v) is 26.5. The predicted molar refractivity (Wildman–Crippen MR) is 167 cm³/mol. The SMILES string of the molecule is CCC(C(=O)NCC(C)C)N(Cc1cccc(OC)c1)C(=O)CN(c1ccc(C)cc1C)S(=O)(=O)c1ccc(C)cc1. The van der Waals surface area contributed by atoms with Crippen LogP contribution in [0.2, 0.25) is 0 Å². The van der Waals surface area contributed by atoms with E-state index < -0.39 is 28.5 Å². The predicted octanol–water partition coefficient (Wildman–Crippen LogP) is 5.40. The molecule has 0 saturated heterocycles. The van der Waals surface area contributed by atoms with Crippen molar-refractivity contribution in [2.24, 2.45) is 5.92 Å². The van der Waals surface area contributed by atoms with Crippen molar-refractivity contribution in [3.63, 3.8) is 0 Å². The van der Waals surface area contributed by atoms with Crippen molar-refractivity contribution in [2.45, 2.75) is 65.4 Å². The van der Waals surface area contributed by atoms with Crippen molar-refractivity contribution in [2.75, 3.05) is 24.5 Å². The van der Waals surface area contributed by atoms with Gasteiger partial charge in [-0.3, -0.25) is 13.9 Å². The van der Waals surface area contributed by atoms with E-state index in [0.717, 1.165) is 26.6 Å². The molecule has 226 valence electrons. The summed E-state index contributed by atoms with van der Waals surface area (Å²) in [6.45, 7) is 11.6. The van der Waals surface area contributed by atoms with Crippen LogP contribution in [0.3, 0.4) is 0 Å². The van der Waals surface area contributed by atoms with Crippen molar-refractivity contribution in [1.82, 2.24) is 10.2 Å². The molecule has 42 heavy (non-hydrogen) atoms. The van der Waals surface area contributed by atoms with Gasteiger partial charge in [-0.2, -0.15) is 0 Å². The highest BCUT2D eigenvalue weighted by molar-refractivity contribution is 7.92. The average molecular weight is 594 g/mol. The van der Waals surface area contributed by atoms with E-state index in [1.807, 2.05) is 71.9 Å². The number of hydrogen-bond donors (Lipinski definition) is 1. The van der Waals surface area contributed by atoms with Gasteiger partial charge in [-0.15, -0.1) is 0 Å². The largest absolute Gasteiger partial charge is 0.497 e. The molecular weight excluding hydrogens is 550 g/mol. The number of benzene rings is 3. The second-order valence-corrected chi connectivity index (χ2v) is 12.9. The number of methoxy groups -OCH3 is 1. The van der Waals surface area contributed by atoms with Crippen LogP contribution in [0.5, 0.6) is 5.75 Å². The highest BCUT2D eigenvalue weighted by Gasteiger charge is 2.34. The Kier molecular flexibility index (Phi) is 11.2. The molecule has 0 aromatic heterocycles. The molecule has 0 aliphatic carbocycles. The molecular formula is C33H43N3O5S. The number of nitrogens with one attached hydrogen (secondary N) is 1. The van der Waals surface area contributed by atoms with Gasteiger partial charge in [0, 0.05) is 13.1 Å². The Labute approximate surface area is 250 Å². The molecule has 0 aliphatic rings. The van der Waals surface area contributed by atoms with E-state index in [1.54, 1.807) is 43.5 Å². The number of carbonyl (C=O) groups is 2. The number of carbonyl (C=O) groups excluding carboxylic acids is 2. The number of rotatable bonds is 13. The van der Waals surface area contributed by atoms with Gasteiger partial charge in [-0.1, -0.05) is 68.3 Å². The van der Waals surface area contributed by atoms with Gasteiger partial charge in [0.1, 0.15) is 18.3 Å². The standard InChI is InChI=1S/C33H43N3O5S/c1-8-30(33(38)34-20-23(2)3)35(21-27-10-9-11-28(19-27)41-7)32(37)22-36(31-17-14-25(5)18-26(31)6)42(39,40)29-15-12-24(4)13-16-29/h9-19,23,30H,8,20-22H2,1-7H3,(H,34,38). The Hall–Kier alpha value is -3.85. The zero-order valence-electron chi connectivity index (χ0n) is 25.7. The lowest BCUT2D eigenvalue weighted by molar-refractivity contribution is -0.140. The molecule has 0 heterocycles. The van der Waals surface area contributed by atoms with Crippen LogP contribution in [-0.2, 0) is 26.2 Å². The fourth-order valence-electron chi connectivity index (χ4n) is 4.75. The second-order valence-electron chi connectivity index (χ2n) is 11.1. The van der Waals surface area contributed by atoms with E-state index in [4.69, 9.17) is 4.74 Å². The molecule has 3 aromatic carbocycles. The number of hydrogen-bond acceptors (Lipinski definition) is 5. The van der Waals surface area contributed by atoms with Crippen LogP contribution in [0.1, 0.15) is 49.4 Å². The first-order valence-corrected chi connectivity index (χ1v) is 15.7. The van der Waals surface area contributed by atoms with Crippen LogP contribution in [-0.4, -0.2) is 51.4 Å². The average Bonchev–Trinajstić information content (AvgIpc) is 2.95. The highest BCUT2D eigenvalue weighted by atomic mass is 32.2. The minimum Gasteiger partial charge on any atom is -0.497 e. The molecule has 9 heteroatoms. The summed E-state index contributed by atoms with van der Waals surface area (Å²) in [7, 11) is -2.56. The van der Waals surface area contributed by atoms with E-state index >= 15 is 0 Å². The summed E-state index contributed by atoms with van der Waals surface area (Å²) in [6.07, 6.45) is 0.355. The van der Waals surface area contributed by atoms with Gasteiger partial charge in [0.25, 0.3) is 10.0 Å². The van der Waals surface area contributed by atoms with Crippen molar-refractivity contribution in [1.29, 1.82) is 0 Å². The molecule has 0 fully saturated rings. The summed E-state index contributed by atoms with van der Waals surface area (Å²) in [4.78, 5) is 29.2. The number of amides is 2. The third-order valence-electron chi connectivity index (χ3n) is 7.07. The number of ether oxygens (including phenoxy) is 1. The molecule has 0 aliphatic heterocycles. The van der Waals surface area contributed by atoms with Crippen molar-refractivity contribution < 1.29 is 22.7 Å². The monoisotopic (exact) mass is 593 g/mol. The first-order valence-electron chi connectivity index (χ1n) is 14.2. The maximum absolute atomic E-state index is 14.2. The zero-order chi connectivity index (χ0) is 31.0. The molecule has 8 nitrogen and oxygen atoms in total. The molecule has 2 amide bonds. The Morgan fingerprint density at radius 1 is 0.929 bits per heavy atom. The molecule has 3 rings (SSSR count). The molecule has 3 aromatic rings. The van der Waals surface area contributed by atoms with Gasteiger partial charge in [0.15, 0.2) is 0 Å². The summed E-state index contributed by atoms with van der Waals surface area (Å²) >= 11 is 0. The van der Waals surface area contributed by atoms with Gasteiger partial charge in [-0.25, -0.2) is 8.42 Å². The maximum Gasteiger partial charge on any atom is 0.264 e. The minimum absolute atomic E-state index is 0.0851. The first-order chi connectivity index (χ1) is 19.9. The molecule has 0 saturated carbocycles. The Morgan fingerprint density at radius 3 is 2.19 bits per heavy atom. The fraction of sp³-hybridized carbons (Fsp3) is 0.394. The van der Waals surface area contributed by atoms with E-state index in [1.165, 1.54) is 4.90 Å². The molecule has 0 spiro atoms. The van der Waals surface area contributed by atoms with E-state index in [-0.39, 0.29) is 23.3 Å². The van der Waals surface area contributed by atoms with E-state index in [2.05, 4.69) is 5.32 Å². The Morgan fingerprint density at radius 2 is 1.60 bits per heavy atom. The lowest BCUT2D eigenvalue weighted by Gasteiger charge is -2.33. The normalized spacial score (nSPS) is 12.1. The number of aryl methyl sites for hydroxylation is 3. The maximum atomic E-state index is 14.2. The topological polar surface area (TPSA) is 96.0 Å². The highest BCUT2D eigenvalue weighted by Crippen LogP contribution is 2.29. The third kappa shape index (κ3) is 8.12. The quantitative estimate of drug-likeness (QED) is 0.287. The van der Waals surface area contributed by atoms with Crippen LogP contribution in [0.15, 0.2) is 71.6 Å². The lowest BCUT2D eigenvalue weighted by Crippen LogP contribution is -2.52. The van der Waals surface area contributed by atoms with Crippen LogP contribution in [0.25, 0.3) is 0 Å². The summed E-state index contributed by atoms with van der Waals surface area (Å²) in [5, 5.41) is 2.95. The molecule has 1 unspecified atom stereocenters. The third-order valence-corrected chi connectivity index (χ3v) is 8.84. The lowest BCUT2D eigenvalue weighted by atomic mass is 10.1. The van der Waals surface area contributed by atoms with Gasteiger partial charge >= 0.3 is 0 Å². The second kappa shape index (κ2) is 14.4. The van der Waals surface area contributed by atoms with E-state index in [9.17, 15) is 18.0 Å². The van der Waals surface area contributed by atoms with Crippen LogP contribution in [0, 0.1) is 26.7 Å². The van der Waals surface area contributed by atoms with Crippen LogP contribution >= 0.6 is 0 Å². The Balaban J connectivity index is 2.09. The summed E-state index contributed by atoms with van der Waals surface area (Å²) in [6, 6.07) is 18.5. The molecule has 0 radical (unpaired) electrons. The van der Waals surface area contributed by atoms with Crippen LogP contribution in [0.4, 0.5) is 5.69 Å². The number of sulfonamides is 1. The summed E-state index contributed by atoms with van der Waals surface area (Å²) in [5.74, 6) is 0.0895. The fourth-order valence-corrected chi connectivity index (χ4v) is 6.22. The Bertz CT molecular complexity index is 1490. The number of nitrogens with zero attached hydrogens (tertiary/aromatic N) is 2. The van der Waals surface area contributed by atoms with Crippen LogP contribution < -0.4 is 14.4 Å². The van der Waals surface area contributed by atoms with Gasteiger partial charge in [0.05, 0.1) is 17.7 Å². The summed E-state index contributed by atoms with van der Waals surface area (Å²) < 4.78 is 34.7. The molecule has 1 N–H and O–H groups in total. The summed E-state index contributed by atoms with van der Waals surface area (Å²) in [5.41, 5.74) is 3.79. The first kappa shape index (κ1) is 32.7. The van der Waals surface area contributed by atoms with Gasteiger partial charge in [-0.05, 0) is 74.6 Å².